The maximum absolute atomic E-state index is 12.8. The van der Waals surface area contributed by atoms with Gasteiger partial charge in [-0.05, 0) is 80.1 Å². The lowest BCUT2D eigenvalue weighted by molar-refractivity contribution is -0.104. The minimum atomic E-state index is -5.60. The minimum absolute atomic E-state index is 0.0270. The lowest BCUT2D eigenvalue weighted by atomic mass is 9.45. The predicted molar refractivity (Wildman–Crippen MR) is 95.9 cm³/mol. The van der Waals surface area contributed by atoms with E-state index in [4.69, 9.17) is 0 Å². The van der Waals surface area contributed by atoms with E-state index in [1.165, 1.54) is 32.1 Å². The van der Waals surface area contributed by atoms with Crippen LogP contribution in [0.2, 0.25) is 0 Å². The van der Waals surface area contributed by atoms with Gasteiger partial charge in [0.2, 0.25) is 0 Å². The minimum Gasteiger partial charge on any atom is -0.380 e. The van der Waals surface area contributed by atoms with Crippen molar-refractivity contribution in [3.8, 4) is 0 Å². The Bertz CT molecular complexity index is 744. The number of fused-ring (bicyclic) bond motifs is 5. The van der Waals surface area contributed by atoms with Gasteiger partial charge in [0.1, 0.15) is 5.76 Å². The molecule has 4 aliphatic rings. The van der Waals surface area contributed by atoms with Crippen molar-refractivity contribution in [2.45, 2.75) is 77.1 Å². The summed E-state index contributed by atoms with van der Waals surface area (Å²) in [5.74, 6) is 2.04. The summed E-state index contributed by atoms with van der Waals surface area (Å²) in [4.78, 5) is 0. The fourth-order valence-electron chi connectivity index (χ4n) is 7.12. The van der Waals surface area contributed by atoms with E-state index in [1.54, 1.807) is 6.08 Å². The van der Waals surface area contributed by atoms with E-state index in [0.717, 1.165) is 18.8 Å². The van der Waals surface area contributed by atoms with Crippen LogP contribution in [0.15, 0.2) is 11.8 Å². The van der Waals surface area contributed by atoms with Gasteiger partial charge in [0.15, 0.2) is 0 Å². The van der Waals surface area contributed by atoms with Gasteiger partial charge >= 0.3 is 15.6 Å². The van der Waals surface area contributed by atoms with Crippen LogP contribution in [0.3, 0.4) is 0 Å². The molecule has 3 fully saturated rings. The second-order valence-electron chi connectivity index (χ2n) is 9.65. The molecule has 0 aromatic heterocycles. The van der Waals surface area contributed by atoms with Crippen LogP contribution in [-0.2, 0) is 14.3 Å². The Hall–Kier alpha value is -0.720. The van der Waals surface area contributed by atoms with Crippen molar-refractivity contribution in [1.29, 1.82) is 0 Å². The van der Waals surface area contributed by atoms with Crippen LogP contribution in [-0.4, -0.2) is 13.9 Å². The van der Waals surface area contributed by atoms with Crippen molar-refractivity contribution in [2.75, 3.05) is 0 Å². The van der Waals surface area contributed by atoms with Gasteiger partial charge in [0, 0.05) is 5.41 Å². The molecule has 4 aliphatic carbocycles. The highest BCUT2D eigenvalue weighted by Gasteiger charge is 2.60. The Balaban J connectivity index is 1.58. The summed E-state index contributed by atoms with van der Waals surface area (Å²) in [6, 6.07) is 0. The first-order valence-corrected chi connectivity index (χ1v) is 11.6. The first kappa shape index (κ1) is 19.6. The van der Waals surface area contributed by atoms with Crippen LogP contribution in [0.1, 0.15) is 71.6 Å². The number of halogens is 3. The molecule has 0 saturated heterocycles. The maximum atomic E-state index is 12.8. The van der Waals surface area contributed by atoms with E-state index in [-0.39, 0.29) is 11.7 Å². The van der Waals surface area contributed by atoms with Crippen LogP contribution in [0.5, 0.6) is 0 Å². The van der Waals surface area contributed by atoms with E-state index in [2.05, 4.69) is 11.1 Å². The highest BCUT2D eigenvalue weighted by Crippen LogP contribution is 2.66. The number of hydrogen-bond donors (Lipinski definition) is 0. The fourth-order valence-corrected chi connectivity index (χ4v) is 7.71. The standard InChI is InChI=1S/C20H29F3O3S/c1-18-11-4-3-5-13(18)6-7-14-15-8-9-17(19(15,2)12-10-16(14)18)26-27(24,25)20(21,22)23/h9,13-16H,3-8,10-12H2,1-2H3/t13?,14-,15+,16-,18-,19-/m0/s1. The molecule has 1 unspecified atom stereocenters. The average molecular weight is 407 g/mol. The molecule has 3 nitrogen and oxygen atoms in total. The summed E-state index contributed by atoms with van der Waals surface area (Å²) in [5, 5.41) is 0. The van der Waals surface area contributed by atoms with Crippen molar-refractivity contribution >= 4 is 10.1 Å². The zero-order chi connectivity index (χ0) is 19.7. The Morgan fingerprint density at radius 3 is 2.48 bits per heavy atom. The van der Waals surface area contributed by atoms with Gasteiger partial charge in [-0.15, -0.1) is 0 Å². The largest absolute Gasteiger partial charge is 0.534 e. The smallest absolute Gasteiger partial charge is 0.380 e. The van der Waals surface area contributed by atoms with Gasteiger partial charge < -0.3 is 4.18 Å². The summed E-state index contributed by atoms with van der Waals surface area (Å²) in [6.45, 7) is 4.35. The van der Waals surface area contributed by atoms with E-state index < -0.39 is 21.0 Å². The molecule has 0 spiro atoms. The zero-order valence-electron chi connectivity index (χ0n) is 16.0. The Kier molecular flexibility index (Phi) is 4.45. The molecule has 0 aromatic carbocycles. The lowest BCUT2D eigenvalue weighted by Crippen LogP contribution is -2.52. The SMILES string of the molecule is C[C@]12CCCCC1CC[C@H]1[C@H]3CC=C(OS(=O)(=O)C(F)(F)F)[C@@]3(C)CC[C@@H]12. The second kappa shape index (κ2) is 6.14. The average Bonchev–Trinajstić information content (AvgIpc) is 2.89. The molecule has 0 aromatic rings. The van der Waals surface area contributed by atoms with Gasteiger partial charge in [0.05, 0.1) is 0 Å². The molecule has 4 rings (SSSR count). The molecule has 27 heavy (non-hydrogen) atoms. The van der Waals surface area contributed by atoms with Gasteiger partial charge in [-0.3, -0.25) is 0 Å². The van der Waals surface area contributed by atoms with Crippen LogP contribution in [0, 0.1) is 34.5 Å². The molecular formula is C20H29F3O3S. The van der Waals surface area contributed by atoms with Gasteiger partial charge in [-0.2, -0.15) is 21.6 Å². The normalized spacial score (nSPS) is 44.7. The topological polar surface area (TPSA) is 43.4 Å². The molecular weight excluding hydrogens is 377 g/mol. The summed E-state index contributed by atoms with van der Waals surface area (Å²) < 4.78 is 66.2. The monoisotopic (exact) mass is 406 g/mol. The second-order valence-corrected chi connectivity index (χ2v) is 11.2. The van der Waals surface area contributed by atoms with Crippen molar-refractivity contribution in [3.05, 3.63) is 11.8 Å². The van der Waals surface area contributed by atoms with Gasteiger partial charge in [0.25, 0.3) is 0 Å². The first-order chi connectivity index (χ1) is 12.5. The quantitative estimate of drug-likeness (QED) is 0.431. The molecule has 0 bridgehead atoms. The fraction of sp³-hybridized carbons (Fsp3) is 0.900. The molecule has 6 atom stereocenters. The van der Waals surface area contributed by atoms with Crippen molar-refractivity contribution in [1.82, 2.24) is 0 Å². The van der Waals surface area contributed by atoms with Crippen molar-refractivity contribution in [3.63, 3.8) is 0 Å². The summed E-state index contributed by atoms with van der Waals surface area (Å²) in [5.41, 5.74) is -5.64. The van der Waals surface area contributed by atoms with Crippen LogP contribution < -0.4 is 0 Å². The molecule has 0 aliphatic heterocycles. The first-order valence-electron chi connectivity index (χ1n) is 10.2. The van der Waals surface area contributed by atoms with Gasteiger partial charge in [-0.1, -0.05) is 26.7 Å². The van der Waals surface area contributed by atoms with Crippen LogP contribution >= 0.6 is 0 Å². The Morgan fingerprint density at radius 2 is 1.78 bits per heavy atom. The molecule has 0 amide bonds. The molecule has 0 heterocycles. The third-order valence-corrected chi connectivity index (χ3v) is 9.54. The highest BCUT2D eigenvalue weighted by molar-refractivity contribution is 7.87. The van der Waals surface area contributed by atoms with E-state index >= 15 is 0 Å². The summed E-state index contributed by atoms with van der Waals surface area (Å²) >= 11 is 0. The highest BCUT2D eigenvalue weighted by atomic mass is 32.2. The van der Waals surface area contributed by atoms with Crippen molar-refractivity contribution < 1.29 is 25.8 Å². The molecule has 7 heteroatoms. The van der Waals surface area contributed by atoms with E-state index in [9.17, 15) is 21.6 Å². The zero-order valence-corrected chi connectivity index (χ0v) is 16.8. The third kappa shape index (κ3) is 2.85. The lowest BCUT2D eigenvalue weighted by Gasteiger charge is -2.60. The molecule has 0 N–H and O–H groups in total. The summed E-state index contributed by atoms with van der Waals surface area (Å²) in [6.07, 6.45) is 11.4. The van der Waals surface area contributed by atoms with Crippen LogP contribution in [0.4, 0.5) is 13.2 Å². The van der Waals surface area contributed by atoms with Crippen molar-refractivity contribution in [2.24, 2.45) is 34.5 Å². The van der Waals surface area contributed by atoms with Gasteiger partial charge in [-0.25, -0.2) is 0 Å². The number of hydrogen-bond acceptors (Lipinski definition) is 3. The van der Waals surface area contributed by atoms with E-state index in [0.29, 0.717) is 30.1 Å². The third-order valence-electron chi connectivity index (χ3n) is 8.58. The Labute approximate surface area is 159 Å². The molecule has 3 saturated carbocycles. The maximum Gasteiger partial charge on any atom is 0.534 e. The number of rotatable bonds is 2. The summed E-state index contributed by atoms with van der Waals surface area (Å²) in [7, 11) is -5.60. The molecule has 0 radical (unpaired) electrons. The number of alkyl halides is 3. The molecule has 154 valence electrons. The van der Waals surface area contributed by atoms with Crippen LogP contribution in [0.25, 0.3) is 0 Å². The Morgan fingerprint density at radius 1 is 1.04 bits per heavy atom. The predicted octanol–water partition coefficient (Wildman–Crippen LogP) is 5.78. The number of allylic oxidation sites excluding steroid dienone is 2. The van der Waals surface area contributed by atoms with E-state index in [1.807, 2.05) is 6.92 Å².